The van der Waals surface area contributed by atoms with Crippen LogP contribution in [0.5, 0.6) is 0 Å². The van der Waals surface area contributed by atoms with Crippen LogP contribution >= 0.6 is 11.8 Å². The van der Waals surface area contributed by atoms with Crippen LogP contribution in [0.15, 0.2) is 14.6 Å². The molecule has 0 spiro atoms. The highest BCUT2D eigenvalue weighted by atomic mass is 32.2. The summed E-state index contributed by atoms with van der Waals surface area (Å²) in [7, 11) is 3.15. The Labute approximate surface area is 132 Å². The van der Waals surface area contributed by atoms with E-state index in [0.717, 1.165) is 29.7 Å². The van der Waals surface area contributed by atoms with Crippen LogP contribution in [-0.4, -0.2) is 24.4 Å². The van der Waals surface area contributed by atoms with Crippen LogP contribution in [0.25, 0.3) is 11.0 Å². The van der Waals surface area contributed by atoms with Gasteiger partial charge in [0.05, 0.1) is 0 Å². The van der Waals surface area contributed by atoms with Gasteiger partial charge in [0.2, 0.25) is 0 Å². The summed E-state index contributed by atoms with van der Waals surface area (Å²) in [5.41, 5.74) is -0.209. The fourth-order valence-corrected chi connectivity index (χ4v) is 3.32. The number of aryl methyl sites for hydroxylation is 1. The maximum Gasteiger partial charge on any atom is 0.332 e. The van der Waals surface area contributed by atoms with Gasteiger partial charge in [0.1, 0.15) is 16.2 Å². The van der Waals surface area contributed by atoms with Crippen LogP contribution in [0.1, 0.15) is 44.9 Å². The summed E-state index contributed by atoms with van der Waals surface area (Å²) in [5.74, 6) is 1.14. The fraction of sp³-hybridized carbons (Fsp3) is 0.600. The molecule has 1 aliphatic carbocycles. The molecule has 2 aromatic rings. The van der Waals surface area contributed by atoms with Crippen molar-refractivity contribution in [3.05, 3.63) is 26.7 Å². The lowest BCUT2D eigenvalue weighted by Gasteiger charge is -2.13. The van der Waals surface area contributed by atoms with E-state index in [4.69, 9.17) is 0 Å². The average Bonchev–Trinajstić information content (AvgIpc) is 3.34. The standard InChI is InChI=1S/C15H20N4O2S/c1-5-8(2)22-13-10-12(16-11(17-13)9-6-7-9)18(3)15(21)19(4)14(10)20/h8-9H,5-7H2,1-4H3/t8-/m1/s1. The molecule has 0 bridgehead atoms. The van der Waals surface area contributed by atoms with Crippen molar-refractivity contribution in [2.24, 2.45) is 14.1 Å². The molecule has 1 aliphatic rings. The lowest BCUT2D eigenvalue weighted by molar-refractivity contribution is 0.698. The summed E-state index contributed by atoms with van der Waals surface area (Å²) in [4.78, 5) is 33.9. The minimum absolute atomic E-state index is 0.314. The Morgan fingerprint density at radius 2 is 1.91 bits per heavy atom. The Morgan fingerprint density at radius 1 is 1.23 bits per heavy atom. The number of aromatic nitrogens is 4. The summed E-state index contributed by atoms with van der Waals surface area (Å²) in [6.45, 7) is 4.22. The van der Waals surface area contributed by atoms with E-state index in [9.17, 15) is 9.59 Å². The molecule has 118 valence electrons. The molecular formula is C15H20N4O2S. The van der Waals surface area contributed by atoms with Crippen LogP contribution in [0.3, 0.4) is 0 Å². The molecule has 0 amide bonds. The van der Waals surface area contributed by atoms with Gasteiger partial charge in [-0.15, -0.1) is 11.8 Å². The minimum Gasteiger partial charge on any atom is -0.280 e. The molecule has 0 radical (unpaired) electrons. The Morgan fingerprint density at radius 3 is 2.50 bits per heavy atom. The van der Waals surface area contributed by atoms with E-state index in [1.54, 1.807) is 18.8 Å². The van der Waals surface area contributed by atoms with Gasteiger partial charge in [-0.05, 0) is 19.3 Å². The van der Waals surface area contributed by atoms with E-state index in [0.29, 0.717) is 27.2 Å². The van der Waals surface area contributed by atoms with Gasteiger partial charge in [-0.3, -0.25) is 13.9 Å². The van der Waals surface area contributed by atoms with Gasteiger partial charge in [0.25, 0.3) is 5.56 Å². The molecule has 1 atom stereocenters. The highest BCUT2D eigenvalue weighted by molar-refractivity contribution is 8.00. The largest absolute Gasteiger partial charge is 0.332 e. The van der Waals surface area contributed by atoms with E-state index in [1.165, 1.54) is 11.6 Å². The van der Waals surface area contributed by atoms with Crippen LogP contribution < -0.4 is 11.2 Å². The third-order valence-electron chi connectivity index (χ3n) is 4.11. The number of fused-ring (bicyclic) bond motifs is 1. The van der Waals surface area contributed by atoms with Gasteiger partial charge in [-0.1, -0.05) is 13.8 Å². The van der Waals surface area contributed by atoms with Gasteiger partial charge < -0.3 is 0 Å². The second-order valence-electron chi connectivity index (χ2n) is 5.90. The van der Waals surface area contributed by atoms with Gasteiger partial charge >= 0.3 is 5.69 Å². The second-order valence-corrected chi connectivity index (χ2v) is 7.33. The van der Waals surface area contributed by atoms with Crippen molar-refractivity contribution in [2.45, 2.75) is 49.3 Å². The van der Waals surface area contributed by atoms with E-state index in [1.807, 2.05) is 0 Å². The molecule has 0 aromatic carbocycles. The molecule has 6 nitrogen and oxygen atoms in total. The summed E-state index contributed by atoms with van der Waals surface area (Å²) in [6.07, 6.45) is 3.15. The number of rotatable bonds is 4. The number of hydrogen-bond donors (Lipinski definition) is 0. The Kier molecular flexibility index (Phi) is 3.84. The van der Waals surface area contributed by atoms with Crippen molar-refractivity contribution in [1.29, 1.82) is 0 Å². The molecule has 0 N–H and O–H groups in total. The van der Waals surface area contributed by atoms with Crippen molar-refractivity contribution < 1.29 is 0 Å². The normalized spacial score (nSPS) is 16.2. The third kappa shape index (κ3) is 2.47. The smallest absolute Gasteiger partial charge is 0.280 e. The first kappa shape index (κ1) is 15.3. The van der Waals surface area contributed by atoms with Crippen molar-refractivity contribution in [1.82, 2.24) is 19.1 Å². The highest BCUT2D eigenvalue weighted by Crippen LogP contribution is 2.39. The summed E-state index contributed by atoms with van der Waals surface area (Å²) >= 11 is 1.59. The zero-order chi connectivity index (χ0) is 16.0. The number of nitrogens with zero attached hydrogens (tertiary/aromatic N) is 4. The van der Waals surface area contributed by atoms with E-state index >= 15 is 0 Å². The van der Waals surface area contributed by atoms with Crippen LogP contribution in [0.2, 0.25) is 0 Å². The molecule has 0 unspecified atom stereocenters. The summed E-state index contributed by atoms with van der Waals surface area (Å²) in [6, 6.07) is 0. The molecule has 7 heteroatoms. The molecule has 1 saturated carbocycles. The van der Waals surface area contributed by atoms with Gasteiger partial charge in [-0.2, -0.15) is 0 Å². The maximum absolute atomic E-state index is 12.5. The first-order chi connectivity index (χ1) is 10.4. The van der Waals surface area contributed by atoms with Crippen molar-refractivity contribution >= 4 is 22.8 Å². The van der Waals surface area contributed by atoms with Gasteiger partial charge in [-0.25, -0.2) is 14.8 Å². The molecule has 22 heavy (non-hydrogen) atoms. The van der Waals surface area contributed by atoms with Crippen molar-refractivity contribution in [2.75, 3.05) is 0 Å². The lowest BCUT2D eigenvalue weighted by atomic mass is 10.3. The SMILES string of the molecule is CC[C@@H](C)Sc1nc(C2CC2)nc2c1c(=O)n(C)c(=O)n2C. The van der Waals surface area contributed by atoms with Crippen molar-refractivity contribution in [3.63, 3.8) is 0 Å². The first-order valence-electron chi connectivity index (χ1n) is 7.58. The molecule has 3 rings (SSSR count). The third-order valence-corrected chi connectivity index (χ3v) is 5.37. The fourth-order valence-electron chi connectivity index (χ4n) is 2.33. The quantitative estimate of drug-likeness (QED) is 0.634. The molecule has 0 saturated heterocycles. The Hall–Kier alpha value is -1.63. The average molecular weight is 320 g/mol. The molecular weight excluding hydrogens is 300 g/mol. The summed E-state index contributed by atoms with van der Waals surface area (Å²) in [5, 5.41) is 1.52. The maximum atomic E-state index is 12.5. The molecule has 2 aromatic heterocycles. The van der Waals surface area contributed by atoms with Gasteiger partial charge in [0, 0.05) is 25.3 Å². The van der Waals surface area contributed by atoms with Crippen molar-refractivity contribution in [3.8, 4) is 0 Å². The monoisotopic (exact) mass is 320 g/mol. The summed E-state index contributed by atoms with van der Waals surface area (Å²) < 4.78 is 2.58. The lowest BCUT2D eigenvalue weighted by Crippen LogP contribution is -2.38. The molecule has 1 fully saturated rings. The predicted octanol–water partition coefficient (Wildman–Crippen LogP) is 1.80. The topological polar surface area (TPSA) is 69.8 Å². The van der Waals surface area contributed by atoms with Crippen LogP contribution in [0, 0.1) is 0 Å². The van der Waals surface area contributed by atoms with Gasteiger partial charge in [0.15, 0.2) is 5.65 Å². The highest BCUT2D eigenvalue weighted by Gasteiger charge is 2.29. The predicted molar refractivity (Wildman–Crippen MR) is 87.6 cm³/mol. The minimum atomic E-state index is -0.350. The molecule has 2 heterocycles. The number of thioether (sulfide) groups is 1. The zero-order valence-corrected chi connectivity index (χ0v) is 14.1. The first-order valence-corrected chi connectivity index (χ1v) is 8.46. The second kappa shape index (κ2) is 5.53. The Bertz CT molecular complexity index is 851. The van der Waals surface area contributed by atoms with E-state index < -0.39 is 0 Å². The Balaban J connectivity index is 2.35. The van der Waals surface area contributed by atoms with E-state index in [-0.39, 0.29) is 11.2 Å². The van der Waals surface area contributed by atoms with Crippen LogP contribution in [-0.2, 0) is 14.1 Å². The molecule has 0 aliphatic heterocycles. The zero-order valence-electron chi connectivity index (χ0n) is 13.3. The number of hydrogen-bond acceptors (Lipinski definition) is 5. The van der Waals surface area contributed by atoms with E-state index in [2.05, 4.69) is 23.8 Å². The van der Waals surface area contributed by atoms with Crippen LogP contribution in [0.4, 0.5) is 0 Å².